The van der Waals surface area contributed by atoms with E-state index < -0.39 is 29.8 Å². The smallest absolute Gasteiger partial charge is 0.192 e. The van der Waals surface area contributed by atoms with E-state index in [9.17, 15) is 14.7 Å². The molecular weight excluding hydrogens is 350 g/mol. The highest BCUT2D eigenvalue weighted by molar-refractivity contribution is 6.12. The van der Waals surface area contributed by atoms with E-state index in [1.54, 1.807) is 37.3 Å². The Kier molecular flexibility index (Phi) is 4.85. The monoisotopic (exact) mass is 367 g/mol. The highest BCUT2D eigenvalue weighted by Gasteiger charge is 2.52. The lowest BCUT2D eigenvalue weighted by atomic mass is 9.80. The van der Waals surface area contributed by atoms with Gasteiger partial charge >= 0.3 is 0 Å². The number of ketones is 2. The minimum atomic E-state index is -2.08. The zero-order valence-corrected chi connectivity index (χ0v) is 14.7. The van der Waals surface area contributed by atoms with Crippen LogP contribution in [0.25, 0.3) is 10.4 Å². The first kappa shape index (κ1) is 18.4. The Morgan fingerprint density at radius 3 is 2.67 bits per heavy atom. The van der Waals surface area contributed by atoms with Crippen LogP contribution in [0.3, 0.4) is 0 Å². The number of aliphatic hydroxyl groups is 1. The molecule has 1 heterocycles. The maximum atomic E-state index is 13.1. The van der Waals surface area contributed by atoms with Gasteiger partial charge in [0.2, 0.25) is 0 Å². The van der Waals surface area contributed by atoms with E-state index >= 15 is 0 Å². The number of hydrogen-bond donors (Lipinski definition) is 1. The van der Waals surface area contributed by atoms with Crippen LogP contribution < -0.4 is 9.47 Å². The number of rotatable bonds is 5. The summed E-state index contributed by atoms with van der Waals surface area (Å²) in [6.45, 7) is 1.35. The van der Waals surface area contributed by atoms with Gasteiger partial charge in [-0.2, -0.15) is 0 Å². The molecule has 3 rings (SSSR count). The van der Waals surface area contributed by atoms with Crippen molar-refractivity contribution < 1.29 is 24.2 Å². The van der Waals surface area contributed by atoms with Gasteiger partial charge in [-0.05, 0) is 48.9 Å². The number of nitrogens with zero attached hydrogens (tertiary/aromatic N) is 3. The molecule has 0 amide bonds. The summed E-state index contributed by atoms with van der Waals surface area (Å²) in [4.78, 5) is 28.5. The lowest BCUT2D eigenvalue weighted by molar-refractivity contribution is 0.0311. The molecule has 8 heteroatoms. The second-order valence-corrected chi connectivity index (χ2v) is 6.23. The van der Waals surface area contributed by atoms with Crippen molar-refractivity contribution in [3.63, 3.8) is 0 Å². The van der Waals surface area contributed by atoms with Crippen molar-refractivity contribution in [3.05, 3.63) is 69.6 Å². The fourth-order valence-electron chi connectivity index (χ4n) is 2.98. The summed E-state index contributed by atoms with van der Waals surface area (Å²) in [5, 5.41) is 14.2. The van der Waals surface area contributed by atoms with Crippen LogP contribution in [-0.4, -0.2) is 42.0 Å². The van der Waals surface area contributed by atoms with Crippen molar-refractivity contribution >= 4 is 11.6 Å². The van der Waals surface area contributed by atoms with Crippen LogP contribution in [0.1, 0.15) is 26.3 Å². The number of Topliss-reactive ketones (excluding diaryl/α,β-unsaturated/α-hetero) is 2. The van der Waals surface area contributed by atoms with Gasteiger partial charge in [0.15, 0.2) is 17.1 Å². The number of aliphatic hydroxyl groups excluding tert-OH is 1. The summed E-state index contributed by atoms with van der Waals surface area (Å²) in [7, 11) is 1.49. The van der Waals surface area contributed by atoms with E-state index in [2.05, 4.69) is 10.0 Å². The van der Waals surface area contributed by atoms with Crippen molar-refractivity contribution in [2.75, 3.05) is 13.7 Å². The number of azide groups is 1. The Bertz CT molecular complexity index is 950. The normalized spacial score (nSPS) is 19.3. The van der Waals surface area contributed by atoms with E-state index in [1.807, 2.05) is 0 Å². The summed E-state index contributed by atoms with van der Waals surface area (Å²) in [5.74, 6) is -0.552. The highest BCUT2D eigenvalue weighted by atomic mass is 16.5. The Morgan fingerprint density at radius 1 is 1.33 bits per heavy atom. The minimum absolute atomic E-state index is 0.152. The van der Waals surface area contributed by atoms with Gasteiger partial charge in [-0.25, -0.2) is 0 Å². The van der Waals surface area contributed by atoms with E-state index in [1.165, 1.54) is 19.2 Å². The minimum Gasteiger partial charge on any atom is -0.497 e. The van der Waals surface area contributed by atoms with Gasteiger partial charge in [-0.3, -0.25) is 9.59 Å². The van der Waals surface area contributed by atoms with Crippen LogP contribution in [0.15, 0.2) is 47.6 Å². The van der Waals surface area contributed by atoms with Gasteiger partial charge in [0.05, 0.1) is 12.7 Å². The Labute approximate surface area is 155 Å². The largest absolute Gasteiger partial charge is 0.497 e. The maximum Gasteiger partial charge on any atom is 0.192 e. The van der Waals surface area contributed by atoms with Gasteiger partial charge in [-0.15, -0.1) is 0 Å². The van der Waals surface area contributed by atoms with Gasteiger partial charge in [-0.1, -0.05) is 16.7 Å². The molecule has 2 atom stereocenters. The predicted octanol–water partition coefficient (Wildman–Crippen LogP) is 2.87. The first-order chi connectivity index (χ1) is 12.9. The van der Waals surface area contributed by atoms with Crippen LogP contribution >= 0.6 is 0 Å². The molecule has 0 bridgehead atoms. The third-order valence-corrected chi connectivity index (χ3v) is 4.52. The van der Waals surface area contributed by atoms with Crippen LogP contribution in [0, 0.1) is 6.92 Å². The number of carbonyl (C=O) groups is 2. The van der Waals surface area contributed by atoms with Crippen molar-refractivity contribution in [2.45, 2.75) is 18.6 Å². The molecule has 2 aromatic rings. The summed E-state index contributed by atoms with van der Waals surface area (Å²) >= 11 is 0. The molecule has 0 fully saturated rings. The molecule has 27 heavy (non-hydrogen) atoms. The molecule has 8 nitrogen and oxygen atoms in total. The van der Waals surface area contributed by atoms with Crippen LogP contribution in [-0.2, 0) is 0 Å². The van der Waals surface area contributed by atoms with Gasteiger partial charge < -0.3 is 14.6 Å². The van der Waals surface area contributed by atoms with Crippen molar-refractivity contribution in [2.24, 2.45) is 5.11 Å². The first-order valence-electron chi connectivity index (χ1n) is 8.14. The SMILES string of the molecule is COc1ccc(C(=O)[C@H](O)[C@]2(N=[N+]=[N-])COc3ccc(C)cc3C2=O)cc1. The Morgan fingerprint density at radius 2 is 2.04 bits per heavy atom. The molecule has 1 aliphatic rings. The number of ether oxygens (including phenoxy) is 2. The van der Waals surface area contributed by atoms with Crippen LogP contribution in [0.2, 0.25) is 0 Å². The third-order valence-electron chi connectivity index (χ3n) is 4.52. The van der Waals surface area contributed by atoms with E-state index in [-0.39, 0.29) is 11.1 Å². The van der Waals surface area contributed by atoms with E-state index in [0.29, 0.717) is 11.5 Å². The molecule has 0 radical (unpaired) electrons. The van der Waals surface area contributed by atoms with Gasteiger partial charge in [0.25, 0.3) is 0 Å². The topological polar surface area (TPSA) is 122 Å². The number of aryl methyl sites for hydroxylation is 1. The van der Waals surface area contributed by atoms with Crippen molar-refractivity contribution in [1.82, 2.24) is 0 Å². The molecule has 0 unspecified atom stereocenters. The first-order valence-corrected chi connectivity index (χ1v) is 8.14. The van der Waals surface area contributed by atoms with Gasteiger partial charge in [0.1, 0.15) is 24.2 Å². The fourth-order valence-corrected chi connectivity index (χ4v) is 2.98. The zero-order valence-electron chi connectivity index (χ0n) is 14.7. The third kappa shape index (κ3) is 3.12. The quantitative estimate of drug-likeness (QED) is 0.377. The molecule has 0 aliphatic carbocycles. The lowest BCUT2D eigenvalue weighted by Crippen LogP contribution is -2.57. The molecular formula is C19H17N3O5. The highest BCUT2D eigenvalue weighted by Crippen LogP contribution is 2.35. The van der Waals surface area contributed by atoms with E-state index in [4.69, 9.17) is 15.0 Å². The molecule has 1 N–H and O–H groups in total. The lowest BCUT2D eigenvalue weighted by Gasteiger charge is -2.35. The maximum absolute atomic E-state index is 13.1. The molecule has 1 aliphatic heterocycles. The summed E-state index contributed by atoms with van der Waals surface area (Å²) in [6, 6.07) is 11.0. The molecule has 138 valence electrons. The number of benzene rings is 2. The fraction of sp³-hybridized carbons (Fsp3) is 0.263. The number of methoxy groups -OCH3 is 1. The Balaban J connectivity index is 2.02. The summed E-state index contributed by atoms with van der Waals surface area (Å²) in [5.41, 5.74) is 8.01. The molecule has 0 spiro atoms. The standard InChI is InChI=1S/C19H17N3O5/c1-11-3-8-15-14(9-11)17(24)19(10-27-15,21-22-20)18(25)16(23)12-4-6-13(26-2)7-5-12/h3-9,18,25H,10H2,1-2H3/t18-,19-/m0/s1. The average molecular weight is 367 g/mol. The van der Waals surface area contributed by atoms with Gasteiger partial charge in [0, 0.05) is 10.5 Å². The second kappa shape index (κ2) is 7.11. The predicted molar refractivity (Wildman–Crippen MR) is 96.2 cm³/mol. The molecule has 0 aromatic heterocycles. The van der Waals surface area contributed by atoms with Crippen molar-refractivity contribution in [3.8, 4) is 11.5 Å². The molecule has 2 aromatic carbocycles. The Hall–Kier alpha value is -3.35. The van der Waals surface area contributed by atoms with Crippen LogP contribution in [0.5, 0.6) is 11.5 Å². The van der Waals surface area contributed by atoms with Crippen molar-refractivity contribution in [1.29, 1.82) is 0 Å². The number of hydrogen-bond acceptors (Lipinski definition) is 6. The number of fused-ring (bicyclic) bond motifs is 1. The molecule has 0 saturated heterocycles. The second-order valence-electron chi connectivity index (χ2n) is 6.23. The summed E-state index contributed by atoms with van der Waals surface area (Å²) < 4.78 is 10.6. The molecule has 0 saturated carbocycles. The average Bonchev–Trinajstić information content (AvgIpc) is 2.69. The number of carbonyl (C=O) groups excluding carboxylic acids is 2. The zero-order chi connectivity index (χ0) is 19.6. The van der Waals surface area contributed by atoms with E-state index in [0.717, 1.165) is 5.56 Å². The summed E-state index contributed by atoms with van der Waals surface area (Å²) in [6.07, 6.45) is -1.90. The van der Waals surface area contributed by atoms with Crippen LogP contribution in [0.4, 0.5) is 0 Å².